The molecular weight excluding hydrogens is 586 g/mol. The molecule has 41 heavy (non-hydrogen) atoms. The predicted molar refractivity (Wildman–Crippen MR) is 163 cm³/mol. The summed E-state index contributed by atoms with van der Waals surface area (Å²) < 4.78 is 0.899. The average Bonchev–Trinajstić information content (AvgIpc) is 2.94. The first-order valence-electron chi connectivity index (χ1n) is 13.4. The molecule has 0 fully saturated rings. The third-order valence-electron chi connectivity index (χ3n) is 6.41. The molecule has 9 nitrogen and oxygen atoms in total. The standard InChI is InChI=1S/C31H36BrN5O4/c1-19(2)27(31(41)35-20(3)28(38)34-18-22-11-7-13-24(32)15-22)37-30(40)26(16-21-9-5-4-6-10-21)36-29(39)23-12-8-14-25(33)17-23/h4-15,17,19-20,26-27H,16,18,33H2,1-3H3,(H,34,38)(H,35,41)(H,36,39)(H,37,40)/t20-,26-,27-/m0/s1. The van der Waals surface area contributed by atoms with E-state index in [1.165, 1.54) is 6.07 Å². The third-order valence-corrected chi connectivity index (χ3v) is 6.90. The molecule has 0 saturated heterocycles. The van der Waals surface area contributed by atoms with Crippen molar-refractivity contribution in [3.8, 4) is 0 Å². The molecule has 0 aliphatic carbocycles. The molecule has 0 radical (unpaired) electrons. The fourth-order valence-electron chi connectivity index (χ4n) is 4.13. The van der Waals surface area contributed by atoms with Crippen LogP contribution in [0.2, 0.25) is 0 Å². The SMILES string of the molecule is CC(C)[C@H](NC(=O)[C@H](Cc1ccccc1)NC(=O)c1cccc(N)c1)C(=O)N[C@@H](C)C(=O)NCc1cccc(Br)c1. The zero-order valence-electron chi connectivity index (χ0n) is 23.3. The van der Waals surface area contributed by atoms with Gasteiger partial charge >= 0.3 is 0 Å². The molecule has 3 aromatic rings. The second-order valence-corrected chi connectivity index (χ2v) is 11.1. The lowest BCUT2D eigenvalue weighted by atomic mass is 10.0. The van der Waals surface area contributed by atoms with Crippen LogP contribution in [-0.4, -0.2) is 41.8 Å². The van der Waals surface area contributed by atoms with Crippen molar-refractivity contribution in [1.29, 1.82) is 0 Å². The molecule has 0 spiro atoms. The fraction of sp³-hybridized carbons (Fsp3) is 0.290. The summed E-state index contributed by atoms with van der Waals surface area (Å²) in [4.78, 5) is 52.3. The minimum absolute atomic E-state index is 0.210. The van der Waals surface area contributed by atoms with E-state index in [9.17, 15) is 19.2 Å². The average molecular weight is 623 g/mol. The van der Waals surface area contributed by atoms with Crippen molar-refractivity contribution >= 4 is 45.2 Å². The first-order valence-corrected chi connectivity index (χ1v) is 14.2. The largest absolute Gasteiger partial charge is 0.399 e. The van der Waals surface area contributed by atoms with Crippen LogP contribution in [0.4, 0.5) is 5.69 Å². The Balaban J connectivity index is 1.67. The van der Waals surface area contributed by atoms with Crippen LogP contribution in [0.5, 0.6) is 0 Å². The summed E-state index contributed by atoms with van der Waals surface area (Å²) in [5, 5.41) is 11.1. The van der Waals surface area contributed by atoms with Gasteiger partial charge in [0.15, 0.2) is 0 Å². The van der Waals surface area contributed by atoms with Gasteiger partial charge in [-0.1, -0.05) is 78.3 Å². The van der Waals surface area contributed by atoms with Gasteiger partial charge in [0.25, 0.3) is 5.91 Å². The number of carbonyl (C=O) groups excluding carboxylic acids is 4. The van der Waals surface area contributed by atoms with Crippen LogP contribution in [0, 0.1) is 5.92 Å². The van der Waals surface area contributed by atoms with Crippen LogP contribution >= 0.6 is 15.9 Å². The van der Waals surface area contributed by atoms with E-state index in [0.717, 1.165) is 15.6 Å². The molecular formula is C31H36BrN5O4. The number of carbonyl (C=O) groups is 4. The third kappa shape index (κ3) is 9.75. The normalized spacial score (nSPS) is 13.0. The Hall–Kier alpha value is -4.18. The molecule has 3 atom stereocenters. The molecule has 3 rings (SSSR count). The van der Waals surface area contributed by atoms with E-state index in [4.69, 9.17) is 5.73 Å². The Morgan fingerprint density at radius 2 is 1.44 bits per heavy atom. The molecule has 0 unspecified atom stereocenters. The van der Waals surface area contributed by atoms with E-state index >= 15 is 0 Å². The smallest absolute Gasteiger partial charge is 0.252 e. The molecule has 0 aromatic heterocycles. The lowest BCUT2D eigenvalue weighted by Crippen LogP contribution is -2.58. The molecule has 0 aliphatic rings. The number of nitrogens with two attached hydrogens (primary N) is 1. The highest BCUT2D eigenvalue weighted by Gasteiger charge is 2.30. The Labute approximate surface area is 248 Å². The van der Waals surface area contributed by atoms with E-state index in [1.54, 1.807) is 39.0 Å². The van der Waals surface area contributed by atoms with Crippen molar-refractivity contribution in [2.24, 2.45) is 5.92 Å². The molecule has 3 aromatic carbocycles. The monoisotopic (exact) mass is 621 g/mol. The van der Waals surface area contributed by atoms with Crippen molar-refractivity contribution in [3.05, 3.63) is 100 Å². The summed E-state index contributed by atoms with van der Waals surface area (Å²) in [6.45, 7) is 5.47. The molecule has 216 valence electrons. The van der Waals surface area contributed by atoms with Crippen LogP contribution in [0.3, 0.4) is 0 Å². The van der Waals surface area contributed by atoms with E-state index in [0.29, 0.717) is 17.8 Å². The number of benzene rings is 3. The summed E-state index contributed by atoms with van der Waals surface area (Å²) in [5.74, 6) is -2.14. The van der Waals surface area contributed by atoms with Crippen molar-refractivity contribution in [3.63, 3.8) is 0 Å². The van der Waals surface area contributed by atoms with E-state index in [-0.39, 0.29) is 18.2 Å². The predicted octanol–water partition coefficient (Wildman–Crippen LogP) is 3.33. The summed E-state index contributed by atoms with van der Waals surface area (Å²) in [7, 11) is 0. The van der Waals surface area contributed by atoms with Gasteiger partial charge in [0, 0.05) is 28.7 Å². The molecule has 10 heteroatoms. The topological polar surface area (TPSA) is 142 Å². The number of halogens is 1. The first-order chi connectivity index (χ1) is 19.5. The molecule has 6 N–H and O–H groups in total. The van der Waals surface area contributed by atoms with Crippen molar-refractivity contribution in [2.75, 3.05) is 5.73 Å². The minimum atomic E-state index is -0.966. The van der Waals surface area contributed by atoms with Gasteiger partial charge in [-0.05, 0) is 54.3 Å². The van der Waals surface area contributed by atoms with Gasteiger partial charge in [0.05, 0.1) is 0 Å². The highest BCUT2D eigenvalue weighted by molar-refractivity contribution is 9.10. The van der Waals surface area contributed by atoms with Gasteiger partial charge in [-0.15, -0.1) is 0 Å². The zero-order chi connectivity index (χ0) is 29.9. The van der Waals surface area contributed by atoms with E-state index in [1.807, 2.05) is 54.6 Å². The number of anilines is 1. The Morgan fingerprint density at radius 1 is 0.756 bits per heavy atom. The molecule has 0 bridgehead atoms. The molecule has 0 heterocycles. The van der Waals surface area contributed by atoms with Crippen LogP contribution in [-0.2, 0) is 27.3 Å². The van der Waals surface area contributed by atoms with E-state index < -0.39 is 35.8 Å². The van der Waals surface area contributed by atoms with Crippen molar-refractivity contribution in [1.82, 2.24) is 21.3 Å². The maximum Gasteiger partial charge on any atom is 0.252 e. The quantitative estimate of drug-likeness (QED) is 0.197. The zero-order valence-corrected chi connectivity index (χ0v) is 24.9. The highest BCUT2D eigenvalue weighted by atomic mass is 79.9. The van der Waals surface area contributed by atoms with Gasteiger partial charge < -0.3 is 27.0 Å². The second-order valence-electron chi connectivity index (χ2n) is 10.1. The summed E-state index contributed by atoms with van der Waals surface area (Å²) in [5.41, 5.74) is 8.31. The van der Waals surface area contributed by atoms with Crippen molar-refractivity contribution < 1.29 is 19.2 Å². The Kier molecular flexibility index (Phi) is 11.5. The van der Waals surface area contributed by atoms with Crippen LogP contribution in [0.1, 0.15) is 42.3 Å². The van der Waals surface area contributed by atoms with E-state index in [2.05, 4.69) is 37.2 Å². The van der Waals surface area contributed by atoms with Crippen molar-refractivity contribution in [2.45, 2.75) is 51.9 Å². The van der Waals surface area contributed by atoms with Gasteiger partial charge in [-0.3, -0.25) is 19.2 Å². The fourth-order valence-corrected chi connectivity index (χ4v) is 4.57. The number of hydrogen-bond acceptors (Lipinski definition) is 5. The number of amides is 4. The number of hydrogen-bond donors (Lipinski definition) is 5. The first kappa shape index (κ1) is 31.3. The highest BCUT2D eigenvalue weighted by Crippen LogP contribution is 2.12. The van der Waals surface area contributed by atoms with Crippen LogP contribution < -0.4 is 27.0 Å². The number of rotatable bonds is 12. The van der Waals surface area contributed by atoms with Gasteiger partial charge in [0.2, 0.25) is 17.7 Å². The second kappa shape index (κ2) is 15.0. The van der Waals surface area contributed by atoms with Gasteiger partial charge in [0.1, 0.15) is 18.1 Å². The summed E-state index contributed by atoms with van der Waals surface area (Å²) in [6.07, 6.45) is 0.210. The summed E-state index contributed by atoms with van der Waals surface area (Å²) >= 11 is 3.40. The number of nitrogen functional groups attached to an aromatic ring is 1. The van der Waals surface area contributed by atoms with Gasteiger partial charge in [-0.2, -0.15) is 0 Å². The Morgan fingerprint density at radius 3 is 2.10 bits per heavy atom. The minimum Gasteiger partial charge on any atom is -0.399 e. The molecule has 0 saturated carbocycles. The Bertz CT molecular complexity index is 1370. The maximum absolute atomic E-state index is 13.5. The molecule has 0 aliphatic heterocycles. The van der Waals surface area contributed by atoms with Crippen LogP contribution in [0.15, 0.2) is 83.3 Å². The maximum atomic E-state index is 13.5. The van der Waals surface area contributed by atoms with Crippen LogP contribution in [0.25, 0.3) is 0 Å². The lowest BCUT2D eigenvalue weighted by Gasteiger charge is -2.26. The molecule has 4 amide bonds. The summed E-state index contributed by atoms with van der Waals surface area (Å²) in [6, 6.07) is 20.5. The number of nitrogens with one attached hydrogen (secondary N) is 4. The van der Waals surface area contributed by atoms with Gasteiger partial charge in [-0.25, -0.2) is 0 Å². The lowest BCUT2D eigenvalue weighted by molar-refractivity contribution is -0.133.